The van der Waals surface area contributed by atoms with E-state index in [1.54, 1.807) is 0 Å². The van der Waals surface area contributed by atoms with Crippen LogP contribution in [0.3, 0.4) is 0 Å². The molecule has 1 aromatic rings. The summed E-state index contributed by atoms with van der Waals surface area (Å²) in [6, 6.07) is 10.4. The number of hydrogen-bond acceptors (Lipinski definition) is 3. The van der Waals surface area contributed by atoms with E-state index < -0.39 is 0 Å². The van der Waals surface area contributed by atoms with E-state index in [0.29, 0.717) is 5.84 Å². The Morgan fingerprint density at radius 3 is 2.88 bits per heavy atom. The Morgan fingerprint density at radius 1 is 1.41 bits per heavy atom. The third kappa shape index (κ3) is 3.20. The number of rotatable bonds is 3. The molecule has 3 N–H and O–H groups in total. The molecule has 1 saturated heterocycles. The highest BCUT2D eigenvalue weighted by Gasteiger charge is 2.22. The molecule has 0 amide bonds. The monoisotopic (exact) mass is 233 g/mol. The summed E-state index contributed by atoms with van der Waals surface area (Å²) in [5.74, 6) is 0.556. The van der Waals surface area contributed by atoms with Crippen LogP contribution in [0.15, 0.2) is 35.5 Å². The fraction of sp³-hybridized carbons (Fsp3) is 0.462. The minimum atomic E-state index is 0.192. The minimum Gasteiger partial charge on any atom is -0.409 e. The van der Waals surface area contributed by atoms with Crippen LogP contribution >= 0.6 is 0 Å². The first-order valence-corrected chi connectivity index (χ1v) is 6.03. The summed E-state index contributed by atoms with van der Waals surface area (Å²) < 4.78 is 0. The predicted octanol–water partition coefficient (Wildman–Crippen LogP) is 1.64. The molecular weight excluding hydrogens is 214 g/mol. The van der Waals surface area contributed by atoms with Crippen LogP contribution in [0.4, 0.5) is 0 Å². The summed E-state index contributed by atoms with van der Waals surface area (Å²) in [7, 11) is 0. The third-order valence-corrected chi connectivity index (χ3v) is 3.29. The SMILES string of the molecule is NC(=NO)C1CCCN(Cc2ccccc2)C1. The van der Waals surface area contributed by atoms with E-state index in [2.05, 4.69) is 34.3 Å². The Balaban J connectivity index is 1.94. The third-order valence-electron chi connectivity index (χ3n) is 3.29. The first-order valence-electron chi connectivity index (χ1n) is 6.03. The molecular formula is C13H19N3O. The van der Waals surface area contributed by atoms with Crippen LogP contribution in [-0.4, -0.2) is 29.0 Å². The highest BCUT2D eigenvalue weighted by atomic mass is 16.4. The van der Waals surface area contributed by atoms with Crippen molar-refractivity contribution in [2.24, 2.45) is 16.8 Å². The zero-order valence-electron chi connectivity index (χ0n) is 9.92. The lowest BCUT2D eigenvalue weighted by molar-refractivity contribution is 0.193. The summed E-state index contributed by atoms with van der Waals surface area (Å²) in [5, 5.41) is 11.8. The minimum absolute atomic E-state index is 0.192. The van der Waals surface area contributed by atoms with Crippen molar-refractivity contribution in [3.8, 4) is 0 Å². The molecule has 1 unspecified atom stereocenters. The smallest absolute Gasteiger partial charge is 0.143 e. The molecule has 1 aliphatic rings. The van der Waals surface area contributed by atoms with Gasteiger partial charge in [-0.15, -0.1) is 0 Å². The lowest BCUT2D eigenvalue weighted by atomic mass is 9.96. The van der Waals surface area contributed by atoms with E-state index in [1.807, 2.05) is 6.07 Å². The second-order valence-corrected chi connectivity index (χ2v) is 4.58. The zero-order valence-corrected chi connectivity index (χ0v) is 9.92. The van der Waals surface area contributed by atoms with E-state index in [4.69, 9.17) is 10.9 Å². The zero-order chi connectivity index (χ0) is 12.1. The number of nitrogens with two attached hydrogens (primary N) is 1. The van der Waals surface area contributed by atoms with Crippen molar-refractivity contribution >= 4 is 5.84 Å². The number of oxime groups is 1. The van der Waals surface area contributed by atoms with Gasteiger partial charge in [-0.05, 0) is 24.9 Å². The van der Waals surface area contributed by atoms with Gasteiger partial charge in [0.2, 0.25) is 0 Å². The van der Waals surface area contributed by atoms with Crippen molar-refractivity contribution in [1.82, 2.24) is 4.90 Å². The van der Waals surface area contributed by atoms with Gasteiger partial charge in [0, 0.05) is 19.0 Å². The van der Waals surface area contributed by atoms with Crippen molar-refractivity contribution < 1.29 is 5.21 Å². The fourth-order valence-corrected chi connectivity index (χ4v) is 2.36. The van der Waals surface area contributed by atoms with E-state index in [-0.39, 0.29) is 5.92 Å². The highest BCUT2D eigenvalue weighted by Crippen LogP contribution is 2.18. The molecule has 17 heavy (non-hydrogen) atoms. The van der Waals surface area contributed by atoms with E-state index in [1.165, 1.54) is 5.56 Å². The lowest BCUT2D eigenvalue weighted by Gasteiger charge is -2.31. The average Bonchev–Trinajstić information content (AvgIpc) is 2.39. The Hall–Kier alpha value is -1.55. The maximum atomic E-state index is 8.71. The first-order chi connectivity index (χ1) is 8.29. The summed E-state index contributed by atoms with van der Waals surface area (Å²) in [6.07, 6.45) is 2.12. The van der Waals surface area contributed by atoms with Crippen LogP contribution < -0.4 is 5.73 Å². The molecule has 1 heterocycles. The number of benzene rings is 1. The number of nitrogens with zero attached hydrogens (tertiary/aromatic N) is 2. The van der Waals surface area contributed by atoms with Crippen molar-refractivity contribution in [3.63, 3.8) is 0 Å². The molecule has 1 aromatic carbocycles. The molecule has 0 saturated carbocycles. The van der Waals surface area contributed by atoms with Crippen LogP contribution in [0, 0.1) is 5.92 Å². The Bertz CT molecular complexity index is 378. The van der Waals surface area contributed by atoms with E-state index in [0.717, 1.165) is 32.5 Å². The van der Waals surface area contributed by atoms with Crippen LogP contribution in [-0.2, 0) is 6.54 Å². The number of hydrogen-bond donors (Lipinski definition) is 2. The van der Waals surface area contributed by atoms with Gasteiger partial charge in [0.05, 0.1) is 0 Å². The molecule has 92 valence electrons. The van der Waals surface area contributed by atoms with Gasteiger partial charge in [0.15, 0.2) is 0 Å². The van der Waals surface area contributed by atoms with Gasteiger partial charge in [-0.3, -0.25) is 4.90 Å². The van der Waals surface area contributed by atoms with Crippen molar-refractivity contribution in [1.29, 1.82) is 0 Å². The molecule has 4 nitrogen and oxygen atoms in total. The fourth-order valence-electron chi connectivity index (χ4n) is 2.36. The molecule has 0 aromatic heterocycles. The number of likely N-dealkylation sites (tertiary alicyclic amines) is 1. The molecule has 2 rings (SSSR count). The van der Waals surface area contributed by atoms with Gasteiger partial charge in [-0.25, -0.2) is 0 Å². The highest BCUT2D eigenvalue weighted by molar-refractivity contribution is 5.82. The average molecular weight is 233 g/mol. The van der Waals surface area contributed by atoms with Crippen LogP contribution in [0.1, 0.15) is 18.4 Å². The van der Waals surface area contributed by atoms with Gasteiger partial charge < -0.3 is 10.9 Å². The van der Waals surface area contributed by atoms with Gasteiger partial charge in [0.25, 0.3) is 0 Å². The Labute approximate surface area is 102 Å². The summed E-state index contributed by atoms with van der Waals surface area (Å²) in [6.45, 7) is 2.91. The van der Waals surface area contributed by atoms with Crippen LogP contribution in [0.25, 0.3) is 0 Å². The molecule has 4 heteroatoms. The molecule has 1 aliphatic heterocycles. The molecule has 1 fully saturated rings. The largest absolute Gasteiger partial charge is 0.409 e. The molecule has 0 radical (unpaired) electrons. The molecule has 0 aliphatic carbocycles. The standard InChI is InChI=1S/C13H19N3O/c14-13(15-17)12-7-4-8-16(10-12)9-11-5-2-1-3-6-11/h1-3,5-6,12,17H,4,7-10H2,(H2,14,15). The quantitative estimate of drug-likeness (QED) is 0.361. The topological polar surface area (TPSA) is 61.9 Å². The second kappa shape index (κ2) is 5.68. The summed E-state index contributed by atoms with van der Waals surface area (Å²) in [4.78, 5) is 2.36. The van der Waals surface area contributed by atoms with E-state index in [9.17, 15) is 0 Å². The van der Waals surface area contributed by atoms with Gasteiger partial charge >= 0.3 is 0 Å². The lowest BCUT2D eigenvalue weighted by Crippen LogP contribution is -2.40. The maximum Gasteiger partial charge on any atom is 0.143 e. The van der Waals surface area contributed by atoms with Crippen molar-refractivity contribution in [3.05, 3.63) is 35.9 Å². The maximum absolute atomic E-state index is 8.71. The number of piperidine rings is 1. The molecule has 0 bridgehead atoms. The number of amidine groups is 1. The first kappa shape index (κ1) is 11.9. The molecule has 1 atom stereocenters. The van der Waals surface area contributed by atoms with Crippen LogP contribution in [0.5, 0.6) is 0 Å². The predicted molar refractivity (Wildman–Crippen MR) is 67.9 cm³/mol. The normalized spacial score (nSPS) is 22.6. The Kier molecular flexibility index (Phi) is 3.98. The second-order valence-electron chi connectivity index (χ2n) is 4.58. The van der Waals surface area contributed by atoms with Crippen LogP contribution in [0.2, 0.25) is 0 Å². The van der Waals surface area contributed by atoms with Crippen molar-refractivity contribution in [2.75, 3.05) is 13.1 Å². The molecule has 0 spiro atoms. The van der Waals surface area contributed by atoms with Gasteiger partial charge in [-0.1, -0.05) is 35.5 Å². The van der Waals surface area contributed by atoms with Crippen molar-refractivity contribution in [2.45, 2.75) is 19.4 Å². The summed E-state index contributed by atoms with van der Waals surface area (Å²) >= 11 is 0. The summed E-state index contributed by atoms with van der Waals surface area (Å²) in [5.41, 5.74) is 6.99. The Morgan fingerprint density at radius 2 is 2.18 bits per heavy atom. The van der Waals surface area contributed by atoms with Gasteiger partial charge in [-0.2, -0.15) is 0 Å². The van der Waals surface area contributed by atoms with Gasteiger partial charge in [0.1, 0.15) is 5.84 Å². The van der Waals surface area contributed by atoms with E-state index >= 15 is 0 Å².